The maximum Gasteiger partial charge on any atom is 0.333 e. The highest BCUT2D eigenvalue weighted by molar-refractivity contribution is 5.70. The van der Waals surface area contributed by atoms with Crippen LogP contribution in [0.25, 0.3) is 0 Å². The molecule has 1 aromatic heterocycles. The van der Waals surface area contributed by atoms with Gasteiger partial charge in [0.05, 0.1) is 20.6 Å². The SMILES string of the molecule is COc1ccc(C(O)(c2ccc(CCC(=O)On3c(O)ccc3O)cc2)c2ccc(OC)c(F)c2)cc1. The van der Waals surface area contributed by atoms with Crippen LogP contribution in [0.4, 0.5) is 4.39 Å². The van der Waals surface area contributed by atoms with Gasteiger partial charge in [-0.25, -0.2) is 9.18 Å². The fourth-order valence-electron chi connectivity index (χ4n) is 4.03. The van der Waals surface area contributed by atoms with Gasteiger partial charge in [-0.15, -0.1) is 4.73 Å². The van der Waals surface area contributed by atoms with Gasteiger partial charge in [0.25, 0.3) is 0 Å². The molecule has 1 heterocycles. The molecule has 0 bridgehead atoms. The number of hydrogen-bond donors (Lipinski definition) is 3. The van der Waals surface area contributed by atoms with Gasteiger partial charge in [0.2, 0.25) is 11.8 Å². The molecule has 4 rings (SSSR count). The third-order valence-electron chi connectivity index (χ3n) is 6.06. The van der Waals surface area contributed by atoms with Crippen LogP contribution in [-0.2, 0) is 16.8 Å². The summed E-state index contributed by atoms with van der Waals surface area (Å²) in [4.78, 5) is 17.1. The third kappa shape index (κ3) is 5.22. The normalized spacial score (nSPS) is 12.5. The van der Waals surface area contributed by atoms with Gasteiger partial charge >= 0.3 is 5.97 Å². The average molecular weight is 508 g/mol. The summed E-state index contributed by atoms with van der Waals surface area (Å²) in [6.45, 7) is 0. The van der Waals surface area contributed by atoms with Crippen LogP contribution >= 0.6 is 0 Å². The Hall–Kier alpha value is -4.50. The molecule has 9 heteroatoms. The monoisotopic (exact) mass is 507 g/mol. The number of rotatable bonds is 9. The van der Waals surface area contributed by atoms with E-state index in [-0.39, 0.29) is 12.2 Å². The Kier molecular flexibility index (Phi) is 7.35. The fraction of sp³-hybridized carbons (Fsp3) is 0.179. The number of methoxy groups -OCH3 is 2. The number of carbonyl (C=O) groups excluding carboxylic acids is 1. The van der Waals surface area contributed by atoms with Gasteiger partial charge in [-0.2, -0.15) is 0 Å². The number of aryl methyl sites for hydroxylation is 1. The van der Waals surface area contributed by atoms with E-state index in [4.69, 9.17) is 14.3 Å². The first-order valence-corrected chi connectivity index (χ1v) is 11.4. The second-order valence-corrected chi connectivity index (χ2v) is 8.29. The topological polar surface area (TPSA) is 110 Å². The molecular weight excluding hydrogens is 481 g/mol. The number of halogens is 1. The van der Waals surface area contributed by atoms with Crippen LogP contribution in [-0.4, -0.2) is 40.2 Å². The molecule has 0 fully saturated rings. The van der Waals surface area contributed by atoms with E-state index in [0.717, 1.165) is 5.56 Å². The minimum absolute atomic E-state index is 0.0250. The lowest BCUT2D eigenvalue weighted by Crippen LogP contribution is -2.29. The lowest BCUT2D eigenvalue weighted by Gasteiger charge is -2.30. The zero-order valence-electron chi connectivity index (χ0n) is 20.2. The van der Waals surface area contributed by atoms with E-state index in [1.807, 2.05) is 0 Å². The Bertz CT molecular complexity index is 1360. The zero-order valence-corrected chi connectivity index (χ0v) is 20.2. The van der Waals surface area contributed by atoms with Crippen molar-refractivity contribution in [3.05, 3.63) is 107 Å². The predicted molar refractivity (Wildman–Crippen MR) is 132 cm³/mol. The van der Waals surface area contributed by atoms with Gasteiger partial charge in [0.1, 0.15) is 11.4 Å². The van der Waals surface area contributed by atoms with Gasteiger partial charge in [-0.3, -0.25) is 0 Å². The molecule has 0 amide bonds. The first-order chi connectivity index (χ1) is 17.8. The predicted octanol–water partition coefficient (Wildman–Crippen LogP) is 3.93. The molecule has 0 spiro atoms. The molecule has 0 aliphatic rings. The van der Waals surface area contributed by atoms with E-state index in [1.165, 1.54) is 31.4 Å². The molecule has 1 atom stereocenters. The van der Waals surface area contributed by atoms with E-state index >= 15 is 0 Å². The summed E-state index contributed by atoms with van der Waals surface area (Å²) in [5.74, 6) is -1.40. The van der Waals surface area contributed by atoms with Crippen molar-refractivity contribution in [3.63, 3.8) is 0 Å². The molecule has 8 nitrogen and oxygen atoms in total. The molecule has 0 aliphatic heterocycles. The molecule has 0 saturated heterocycles. The number of aliphatic hydroxyl groups is 1. The number of hydrogen-bond acceptors (Lipinski definition) is 7. The minimum Gasteiger partial charge on any atom is -0.497 e. The fourth-order valence-corrected chi connectivity index (χ4v) is 4.03. The van der Waals surface area contributed by atoms with Gasteiger partial charge < -0.3 is 29.6 Å². The summed E-state index contributed by atoms with van der Waals surface area (Å²) in [7, 11) is 2.91. The van der Waals surface area contributed by atoms with E-state index in [9.17, 15) is 24.5 Å². The van der Waals surface area contributed by atoms with E-state index < -0.39 is 29.1 Å². The molecule has 4 aromatic rings. The van der Waals surface area contributed by atoms with Crippen LogP contribution in [0.2, 0.25) is 0 Å². The van der Waals surface area contributed by atoms with Gasteiger partial charge in [0, 0.05) is 12.1 Å². The second-order valence-electron chi connectivity index (χ2n) is 8.29. The summed E-state index contributed by atoms with van der Waals surface area (Å²) >= 11 is 0. The Morgan fingerprint density at radius 1 is 0.838 bits per heavy atom. The number of ether oxygens (including phenoxy) is 2. The number of nitrogens with zero attached hydrogens (tertiary/aromatic N) is 1. The first kappa shape index (κ1) is 25.6. The molecule has 0 saturated carbocycles. The van der Waals surface area contributed by atoms with E-state index in [1.54, 1.807) is 61.7 Å². The Morgan fingerprint density at radius 2 is 1.41 bits per heavy atom. The number of carbonyl (C=O) groups is 1. The zero-order chi connectivity index (χ0) is 26.6. The Morgan fingerprint density at radius 3 is 1.95 bits per heavy atom. The van der Waals surface area contributed by atoms with Crippen molar-refractivity contribution >= 4 is 5.97 Å². The van der Waals surface area contributed by atoms with Crippen LogP contribution in [0.15, 0.2) is 78.9 Å². The number of benzene rings is 3. The van der Waals surface area contributed by atoms with Crippen molar-refractivity contribution in [1.29, 1.82) is 0 Å². The van der Waals surface area contributed by atoms with Crippen molar-refractivity contribution in [2.75, 3.05) is 14.2 Å². The van der Waals surface area contributed by atoms with Crippen molar-refractivity contribution in [3.8, 4) is 23.3 Å². The van der Waals surface area contributed by atoms with Crippen LogP contribution < -0.4 is 14.3 Å². The Labute approximate surface area is 212 Å². The molecule has 37 heavy (non-hydrogen) atoms. The summed E-state index contributed by atoms with van der Waals surface area (Å²) in [6.07, 6.45) is 0.281. The molecular formula is C28H26FNO7. The van der Waals surface area contributed by atoms with Crippen LogP contribution in [0.1, 0.15) is 28.7 Å². The Balaban J connectivity index is 1.59. The molecule has 3 aromatic carbocycles. The highest BCUT2D eigenvalue weighted by Gasteiger charge is 2.34. The lowest BCUT2D eigenvalue weighted by molar-refractivity contribution is -0.145. The van der Waals surface area contributed by atoms with Gasteiger partial charge in [-0.1, -0.05) is 42.5 Å². The summed E-state index contributed by atoms with van der Waals surface area (Å²) in [5.41, 5.74) is 0.370. The van der Waals surface area contributed by atoms with Crippen LogP contribution in [0.3, 0.4) is 0 Å². The van der Waals surface area contributed by atoms with Crippen molar-refractivity contribution in [2.24, 2.45) is 0 Å². The number of aromatic hydroxyl groups is 2. The third-order valence-corrected chi connectivity index (χ3v) is 6.06. The van der Waals surface area contributed by atoms with Crippen molar-refractivity contribution in [1.82, 2.24) is 4.73 Å². The maximum absolute atomic E-state index is 14.6. The smallest absolute Gasteiger partial charge is 0.333 e. The van der Waals surface area contributed by atoms with E-state index in [0.29, 0.717) is 33.6 Å². The van der Waals surface area contributed by atoms with Crippen LogP contribution in [0, 0.1) is 5.82 Å². The first-order valence-electron chi connectivity index (χ1n) is 11.4. The molecule has 0 aliphatic carbocycles. The highest BCUT2D eigenvalue weighted by Crippen LogP contribution is 2.39. The molecule has 192 valence electrons. The quantitative estimate of drug-likeness (QED) is 0.295. The lowest BCUT2D eigenvalue weighted by atomic mass is 9.80. The summed E-state index contributed by atoms with van der Waals surface area (Å²) < 4.78 is 25.5. The highest BCUT2D eigenvalue weighted by atomic mass is 19.1. The largest absolute Gasteiger partial charge is 0.497 e. The maximum atomic E-state index is 14.6. The standard InChI is InChI=1S/C28H26FNO7/c1-35-22-11-8-20(9-12-22)28(34,21-10-13-24(36-2)23(29)17-21)19-6-3-18(4-7-19)5-16-27(33)37-30-25(31)14-15-26(30)32/h3-4,6-15,17,31-32,34H,5,16H2,1-2H3. The summed E-state index contributed by atoms with van der Waals surface area (Å²) in [6, 6.07) is 20.4. The van der Waals surface area contributed by atoms with Crippen molar-refractivity contribution < 1.29 is 38.8 Å². The molecule has 1 unspecified atom stereocenters. The van der Waals surface area contributed by atoms with Gasteiger partial charge in [-0.05, 0) is 52.9 Å². The molecule has 3 N–H and O–H groups in total. The summed E-state index contributed by atoms with van der Waals surface area (Å²) in [5, 5.41) is 31.2. The average Bonchev–Trinajstić information content (AvgIpc) is 3.23. The van der Waals surface area contributed by atoms with E-state index in [2.05, 4.69) is 0 Å². The molecule has 0 radical (unpaired) electrons. The van der Waals surface area contributed by atoms with Crippen molar-refractivity contribution in [2.45, 2.75) is 18.4 Å². The van der Waals surface area contributed by atoms with Gasteiger partial charge in [0.15, 0.2) is 11.6 Å². The minimum atomic E-state index is -1.69. The number of aromatic nitrogens is 1. The van der Waals surface area contributed by atoms with Crippen LogP contribution in [0.5, 0.6) is 23.3 Å². The second kappa shape index (κ2) is 10.6.